The van der Waals surface area contributed by atoms with Crippen LogP contribution >= 0.6 is 0 Å². The predicted molar refractivity (Wildman–Crippen MR) is 72.7 cm³/mol. The van der Waals surface area contributed by atoms with E-state index in [0.29, 0.717) is 6.54 Å². The molecule has 0 atom stereocenters. The van der Waals surface area contributed by atoms with Crippen LogP contribution in [0.3, 0.4) is 0 Å². The van der Waals surface area contributed by atoms with Gasteiger partial charge in [0, 0.05) is 12.2 Å². The lowest BCUT2D eigenvalue weighted by atomic mass is 9.71. The number of nitrogens with one attached hydrogen (secondary N) is 1. The fourth-order valence-corrected chi connectivity index (χ4v) is 3.65. The molecule has 19 heavy (non-hydrogen) atoms. The SMILES string of the molecule is Cc1cc(N)cc(S(=O)(=O)NCC2(C)CCC2)c1F. The van der Waals surface area contributed by atoms with Gasteiger partial charge in [-0.15, -0.1) is 0 Å². The summed E-state index contributed by atoms with van der Waals surface area (Å²) in [5.41, 5.74) is 6.06. The van der Waals surface area contributed by atoms with Crippen molar-refractivity contribution in [2.75, 3.05) is 12.3 Å². The molecule has 106 valence electrons. The standard InChI is InChI=1S/C13H19FN2O2S/c1-9-6-10(15)7-11(12(9)14)19(17,18)16-8-13(2)4-3-5-13/h6-7,16H,3-5,8,15H2,1-2H3. The molecule has 0 bridgehead atoms. The average molecular weight is 286 g/mol. The van der Waals surface area contributed by atoms with E-state index in [9.17, 15) is 12.8 Å². The van der Waals surface area contributed by atoms with Crippen molar-refractivity contribution >= 4 is 15.7 Å². The van der Waals surface area contributed by atoms with Crippen LogP contribution in [0.5, 0.6) is 0 Å². The lowest BCUT2D eigenvalue weighted by molar-refractivity contribution is 0.166. The third-order valence-corrected chi connectivity index (χ3v) is 5.18. The number of nitrogens with two attached hydrogens (primary N) is 1. The first-order valence-corrected chi connectivity index (χ1v) is 7.77. The molecule has 1 aliphatic rings. The van der Waals surface area contributed by atoms with Crippen LogP contribution in [-0.4, -0.2) is 15.0 Å². The van der Waals surface area contributed by atoms with E-state index in [1.54, 1.807) is 0 Å². The molecule has 0 aromatic heterocycles. The first-order chi connectivity index (χ1) is 8.73. The van der Waals surface area contributed by atoms with E-state index in [1.165, 1.54) is 13.0 Å². The number of sulfonamides is 1. The maximum Gasteiger partial charge on any atom is 0.243 e. The molecule has 1 aromatic carbocycles. The van der Waals surface area contributed by atoms with Crippen LogP contribution in [0.25, 0.3) is 0 Å². The van der Waals surface area contributed by atoms with Gasteiger partial charge >= 0.3 is 0 Å². The van der Waals surface area contributed by atoms with Gasteiger partial charge < -0.3 is 5.73 Å². The fraction of sp³-hybridized carbons (Fsp3) is 0.538. The van der Waals surface area contributed by atoms with Gasteiger partial charge in [-0.2, -0.15) is 0 Å². The van der Waals surface area contributed by atoms with Gasteiger partial charge in [0.2, 0.25) is 10.0 Å². The van der Waals surface area contributed by atoms with Crippen LogP contribution in [0, 0.1) is 18.2 Å². The minimum atomic E-state index is -3.85. The molecule has 0 radical (unpaired) electrons. The van der Waals surface area contributed by atoms with Crippen molar-refractivity contribution in [1.29, 1.82) is 0 Å². The zero-order chi connectivity index (χ0) is 14.3. The summed E-state index contributed by atoms with van der Waals surface area (Å²) >= 11 is 0. The van der Waals surface area contributed by atoms with Gasteiger partial charge in [0.1, 0.15) is 10.7 Å². The van der Waals surface area contributed by atoms with Gasteiger partial charge in [-0.05, 0) is 42.9 Å². The van der Waals surface area contributed by atoms with Gasteiger partial charge in [-0.1, -0.05) is 13.3 Å². The van der Waals surface area contributed by atoms with Crippen molar-refractivity contribution in [2.45, 2.75) is 38.0 Å². The largest absolute Gasteiger partial charge is 0.399 e. The summed E-state index contributed by atoms with van der Waals surface area (Å²) in [5.74, 6) is -0.736. The molecule has 1 fully saturated rings. The Kier molecular flexibility index (Phi) is 3.57. The molecule has 0 saturated heterocycles. The fourth-order valence-electron chi connectivity index (χ4n) is 2.26. The molecule has 1 aromatic rings. The monoisotopic (exact) mass is 286 g/mol. The maximum absolute atomic E-state index is 13.9. The lowest BCUT2D eigenvalue weighted by Gasteiger charge is -2.38. The van der Waals surface area contributed by atoms with Gasteiger partial charge in [-0.25, -0.2) is 17.5 Å². The Morgan fingerprint density at radius 2 is 2.05 bits per heavy atom. The number of aryl methyl sites for hydroxylation is 1. The average Bonchev–Trinajstić information content (AvgIpc) is 2.28. The number of hydrogen-bond donors (Lipinski definition) is 2. The Morgan fingerprint density at radius 1 is 1.42 bits per heavy atom. The Bertz CT molecular complexity index is 595. The summed E-state index contributed by atoms with van der Waals surface area (Å²) in [6.07, 6.45) is 3.10. The third-order valence-electron chi connectivity index (χ3n) is 3.78. The van der Waals surface area contributed by atoms with Crippen LogP contribution in [0.15, 0.2) is 17.0 Å². The minimum Gasteiger partial charge on any atom is -0.399 e. The molecular formula is C13H19FN2O2S. The Hall–Kier alpha value is -1.14. The van der Waals surface area contributed by atoms with E-state index >= 15 is 0 Å². The van der Waals surface area contributed by atoms with Crippen molar-refractivity contribution in [3.63, 3.8) is 0 Å². The highest BCUT2D eigenvalue weighted by atomic mass is 32.2. The van der Waals surface area contributed by atoms with E-state index < -0.39 is 15.8 Å². The molecule has 0 heterocycles. The lowest BCUT2D eigenvalue weighted by Crippen LogP contribution is -2.40. The molecule has 0 unspecified atom stereocenters. The molecule has 1 aliphatic carbocycles. The third kappa shape index (κ3) is 2.90. The highest BCUT2D eigenvalue weighted by Crippen LogP contribution is 2.39. The molecule has 3 N–H and O–H groups in total. The van der Waals surface area contributed by atoms with Crippen molar-refractivity contribution < 1.29 is 12.8 Å². The molecule has 6 heteroatoms. The summed E-state index contributed by atoms with van der Waals surface area (Å²) in [6, 6.07) is 2.58. The van der Waals surface area contributed by atoms with Gasteiger partial charge in [0.15, 0.2) is 0 Å². The van der Waals surface area contributed by atoms with Crippen LogP contribution < -0.4 is 10.5 Å². The van der Waals surface area contributed by atoms with Gasteiger partial charge in [-0.3, -0.25) is 0 Å². The summed E-state index contributed by atoms with van der Waals surface area (Å²) < 4.78 is 40.7. The smallest absolute Gasteiger partial charge is 0.243 e. The maximum atomic E-state index is 13.9. The van der Waals surface area contributed by atoms with Crippen LogP contribution in [0.4, 0.5) is 10.1 Å². The zero-order valence-corrected chi connectivity index (χ0v) is 12.0. The van der Waals surface area contributed by atoms with Crippen LogP contribution in [-0.2, 0) is 10.0 Å². The Morgan fingerprint density at radius 3 is 2.58 bits per heavy atom. The quantitative estimate of drug-likeness (QED) is 0.833. The Balaban J connectivity index is 2.24. The van der Waals surface area contributed by atoms with Crippen molar-refractivity contribution in [2.24, 2.45) is 5.41 Å². The zero-order valence-electron chi connectivity index (χ0n) is 11.2. The first kappa shape index (κ1) is 14.3. The minimum absolute atomic E-state index is 0.00108. The molecule has 4 nitrogen and oxygen atoms in total. The number of rotatable bonds is 4. The highest BCUT2D eigenvalue weighted by molar-refractivity contribution is 7.89. The van der Waals surface area contributed by atoms with E-state index in [1.807, 2.05) is 6.92 Å². The van der Waals surface area contributed by atoms with E-state index in [4.69, 9.17) is 5.73 Å². The normalized spacial score (nSPS) is 18.1. The summed E-state index contributed by atoms with van der Waals surface area (Å²) in [5, 5.41) is 0. The summed E-state index contributed by atoms with van der Waals surface area (Å²) in [6.45, 7) is 3.86. The van der Waals surface area contributed by atoms with Crippen molar-refractivity contribution in [3.05, 3.63) is 23.5 Å². The predicted octanol–water partition coefficient (Wildman–Crippen LogP) is 2.18. The number of anilines is 1. The molecule has 0 spiro atoms. The van der Waals surface area contributed by atoms with E-state index in [2.05, 4.69) is 4.72 Å². The highest BCUT2D eigenvalue weighted by Gasteiger charge is 2.33. The molecular weight excluding hydrogens is 267 g/mol. The van der Waals surface area contributed by atoms with Crippen molar-refractivity contribution in [3.8, 4) is 0 Å². The van der Waals surface area contributed by atoms with E-state index in [-0.39, 0.29) is 21.6 Å². The second kappa shape index (κ2) is 4.76. The second-order valence-corrected chi connectivity index (χ2v) is 7.37. The topological polar surface area (TPSA) is 72.2 Å². The molecule has 1 saturated carbocycles. The molecule has 2 rings (SSSR count). The number of nitrogen functional groups attached to an aromatic ring is 1. The second-order valence-electron chi connectivity index (χ2n) is 5.64. The van der Waals surface area contributed by atoms with Gasteiger partial charge in [0.05, 0.1) is 0 Å². The van der Waals surface area contributed by atoms with Crippen molar-refractivity contribution in [1.82, 2.24) is 4.72 Å². The number of benzene rings is 1. The molecule has 0 aliphatic heterocycles. The number of hydrogen-bond acceptors (Lipinski definition) is 3. The van der Waals surface area contributed by atoms with Crippen LogP contribution in [0.2, 0.25) is 0 Å². The van der Waals surface area contributed by atoms with Crippen LogP contribution in [0.1, 0.15) is 31.7 Å². The summed E-state index contributed by atoms with van der Waals surface area (Å²) in [7, 11) is -3.85. The molecule has 0 amide bonds. The van der Waals surface area contributed by atoms with Gasteiger partial charge in [0.25, 0.3) is 0 Å². The van der Waals surface area contributed by atoms with E-state index in [0.717, 1.165) is 25.3 Å². The number of halogens is 1. The Labute approximate surface area is 113 Å². The summed E-state index contributed by atoms with van der Waals surface area (Å²) in [4.78, 5) is -0.368. The first-order valence-electron chi connectivity index (χ1n) is 6.29.